The molecule has 4 heterocycles. The molecule has 0 saturated carbocycles. The van der Waals surface area contributed by atoms with Gasteiger partial charge in [0.25, 0.3) is 0 Å². The van der Waals surface area contributed by atoms with Crippen molar-refractivity contribution in [3.63, 3.8) is 0 Å². The lowest BCUT2D eigenvalue weighted by Gasteiger charge is -2.22. The summed E-state index contributed by atoms with van der Waals surface area (Å²) < 4.78 is 7.81. The normalized spacial score (nSPS) is 15.0. The lowest BCUT2D eigenvalue weighted by Crippen LogP contribution is -2.17. The first-order valence-corrected chi connectivity index (χ1v) is 13.4. The Hall–Kier alpha value is -4.96. The zero-order valence-corrected chi connectivity index (χ0v) is 23.3. The number of rotatable bonds is 6. The van der Waals surface area contributed by atoms with Crippen molar-refractivity contribution in [2.24, 2.45) is 0 Å². The Labute approximate surface area is 236 Å². The van der Waals surface area contributed by atoms with Crippen LogP contribution in [0.15, 0.2) is 82.1 Å². The fraction of sp³-hybridized carbons (Fsp3) is 0.226. The van der Waals surface area contributed by atoms with Gasteiger partial charge >= 0.3 is 5.63 Å². The second-order valence-corrected chi connectivity index (χ2v) is 10.5. The summed E-state index contributed by atoms with van der Waals surface area (Å²) in [4.78, 5) is 24.1. The van der Waals surface area contributed by atoms with Crippen LogP contribution in [0.5, 0.6) is 0 Å². The van der Waals surface area contributed by atoms with Crippen LogP contribution in [-0.2, 0) is 0 Å². The van der Waals surface area contributed by atoms with Crippen LogP contribution in [0.4, 0.5) is 5.82 Å². The van der Waals surface area contributed by atoms with E-state index in [1.807, 2.05) is 51.4 Å². The number of aliphatic hydroxyl groups excluding tert-OH is 1. The van der Waals surface area contributed by atoms with Crippen LogP contribution < -0.4 is 16.7 Å². The zero-order valence-electron chi connectivity index (χ0n) is 23.3. The van der Waals surface area contributed by atoms with Crippen molar-refractivity contribution in [1.82, 2.24) is 30.0 Å². The number of anilines is 1. The molecule has 0 aliphatic carbocycles. The van der Waals surface area contributed by atoms with Gasteiger partial charge in [0.1, 0.15) is 35.4 Å². The van der Waals surface area contributed by atoms with Crippen molar-refractivity contribution in [2.45, 2.75) is 25.9 Å². The minimum atomic E-state index is -0.558. The van der Waals surface area contributed by atoms with Gasteiger partial charge in [-0.3, -0.25) is 0 Å². The predicted molar refractivity (Wildman–Crippen MR) is 160 cm³/mol. The minimum absolute atomic E-state index is 0.170. The summed E-state index contributed by atoms with van der Waals surface area (Å²) in [5, 5.41) is 20.0. The molecule has 10 nitrogen and oxygen atoms in total. The second kappa shape index (κ2) is 10.2. The largest absolute Gasteiger partial charge is 0.510 e. The summed E-state index contributed by atoms with van der Waals surface area (Å²) in [6.07, 6.45) is 4.79. The van der Waals surface area contributed by atoms with Gasteiger partial charge in [-0.1, -0.05) is 36.4 Å². The first-order chi connectivity index (χ1) is 19.7. The van der Waals surface area contributed by atoms with E-state index in [1.54, 1.807) is 23.0 Å². The number of nitrogens with zero attached hydrogens (tertiary/aromatic N) is 5. The zero-order chi connectivity index (χ0) is 28.8. The monoisotopic (exact) mass is 549 g/mol. The van der Waals surface area contributed by atoms with Crippen molar-refractivity contribution < 1.29 is 9.52 Å². The Balaban J connectivity index is 1.61. The number of benzene rings is 2. The molecule has 2 unspecified atom stereocenters. The summed E-state index contributed by atoms with van der Waals surface area (Å²) in [6.45, 7) is 4.38. The number of nitrogens with two attached hydrogens (primary N) is 1. The van der Waals surface area contributed by atoms with Crippen LogP contribution in [0.3, 0.4) is 0 Å². The van der Waals surface area contributed by atoms with E-state index in [2.05, 4.69) is 39.2 Å². The van der Waals surface area contributed by atoms with Crippen molar-refractivity contribution in [3.05, 3.63) is 100 Å². The fourth-order valence-electron chi connectivity index (χ4n) is 5.31. The van der Waals surface area contributed by atoms with E-state index in [4.69, 9.17) is 15.2 Å². The summed E-state index contributed by atoms with van der Waals surface area (Å²) in [7, 11) is 4.09. The highest BCUT2D eigenvalue weighted by atomic mass is 16.4. The highest BCUT2D eigenvalue weighted by Crippen LogP contribution is 2.38. The van der Waals surface area contributed by atoms with Gasteiger partial charge in [0.05, 0.1) is 17.3 Å². The quantitative estimate of drug-likeness (QED) is 0.273. The molecule has 0 fully saturated rings. The Morgan fingerprint density at radius 1 is 1.10 bits per heavy atom. The van der Waals surface area contributed by atoms with Crippen molar-refractivity contribution in [1.29, 1.82) is 0 Å². The van der Waals surface area contributed by atoms with Gasteiger partial charge < -0.3 is 25.5 Å². The van der Waals surface area contributed by atoms with E-state index in [-0.39, 0.29) is 17.6 Å². The number of aliphatic hydroxyl groups is 1. The average molecular weight is 550 g/mol. The first kappa shape index (κ1) is 26.3. The average Bonchev–Trinajstić information content (AvgIpc) is 3.37. The van der Waals surface area contributed by atoms with E-state index in [0.717, 1.165) is 22.1 Å². The van der Waals surface area contributed by atoms with E-state index in [0.29, 0.717) is 40.0 Å². The van der Waals surface area contributed by atoms with Gasteiger partial charge in [-0.2, -0.15) is 5.10 Å². The SMILES string of the molecule is CC(c1cccc(-c2c(C(C)n3nc(C4=CNCC(O)=C4)c4c(N)ncnc43)oc(=O)c3ccccc23)c1)N(C)C. The Bertz CT molecular complexity index is 1920. The fourth-order valence-corrected chi connectivity index (χ4v) is 5.31. The van der Waals surface area contributed by atoms with Gasteiger partial charge in [-0.15, -0.1) is 0 Å². The number of hydrogen-bond donors (Lipinski definition) is 3. The first-order valence-electron chi connectivity index (χ1n) is 13.4. The number of aromatic nitrogens is 4. The van der Waals surface area contributed by atoms with E-state index in [9.17, 15) is 9.90 Å². The minimum Gasteiger partial charge on any atom is -0.510 e. The van der Waals surface area contributed by atoms with Gasteiger partial charge in [0.15, 0.2) is 5.65 Å². The molecule has 0 bridgehead atoms. The molecule has 208 valence electrons. The lowest BCUT2D eigenvalue weighted by atomic mass is 9.93. The van der Waals surface area contributed by atoms with Crippen LogP contribution in [0, 0.1) is 0 Å². The van der Waals surface area contributed by atoms with E-state index >= 15 is 0 Å². The van der Waals surface area contributed by atoms with Crippen molar-refractivity contribution in [3.8, 4) is 11.1 Å². The molecule has 2 aromatic carbocycles. The number of dihydropyridines is 1. The van der Waals surface area contributed by atoms with Crippen LogP contribution in [0.2, 0.25) is 0 Å². The maximum atomic E-state index is 13.3. The molecule has 6 rings (SSSR count). The third-order valence-corrected chi connectivity index (χ3v) is 7.70. The second-order valence-electron chi connectivity index (χ2n) is 10.5. The third kappa shape index (κ3) is 4.52. The topological polar surface area (TPSA) is 135 Å². The molecule has 10 heteroatoms. The lowest BCUT2D eigenvalue weighted by molar-refractivity contribution is 0.321. The molecule has 41 heavy (non-hydrogen) atoms. The number of nitrogens with one attached hydrogen (secondary N) is 1. The maximum absolute atomic E-state index is 13.3. The summed E-state index contributed by atoms with van der Waals surface area (Å²) >= 11 is 0. The molecular weight excluding hydrogens is 518 g/mol. The number of allylic oxidation sites excluding steroid dienone is 2. The molecule has 1 aliphatic heterocycles. The summed E-state index contributed by atoms with van der Waals surface area (Å²) in [5.74, 6) is 0.877. The molecule has 5 aromatic rings. The summed E-state index contributed by atoms with van der Waals surface area (Å²) in [5.41, 5.74) is 10.4. The Morgan fingerprint density at radius 2 is 1.88 bits per heavy atom. The van der Waals surface area contributed by atoms with Gasteiger partial charge in [0, 0.05) is 28.8 Å². The standard InChI is InChI=1S/C31H31N7O3/c1-17(37(3)4)19-8-7-9-20(12-19)25-23-10-5-6-11-24(23)31(40)41-28(25)18(2)38-30-26(29(32)34-16-35-30)27(36-38)21-13-22(39)15-33-14-21/h5-14,16-18,33,39H,15H2,1-4H3,(H2,32,34,35). The number of hydrogen-bond acceptors (Lipinski definition) is 9. The molecular formula is C31H31N7O3. The molecule has 0 radical (unpaired) electrons. The molecule has 3 aromatic heterocycles. The van der Waals surface area contributed by atoms with Crippen LogP contribution >= 0.6 is 0 Å². The van der Waals surface area contributed by atoms with Crippen LogP contribution in [0.1, 0.15) is 42.9 Å². The molecule has 0 spiro atoms. The highest BCUT2D eigenvalue weighted by Gasteiger charge is 2.27. The highest BCUT2D eigenvalue weighted by molar-refractivity contribution is 5.99. The Kier molecular flexibility index (Phi) is 6.55. The molecule has 4 N–H and O–H groups in total. The van der Waals surface area contributed by atoms with Gasteiger partial charge in [-0.25, -0.2) is 19.4 Å². The molecule has 1 aliphatic rings. The van der Waals surface area contributed by atoms with Crippen molar-refractivity contribution in [2.75, 3.05) is 26.4 Å². The van der Waals surface area contributed by atoms with Crippen LogP contribution in [-0.4, -0.2) is 50.4 Å². The number of fused-ring (bicyclic) bond motifs is 2. The maximum Gasteiger partial charge on any atom is 0.343 e. The molecule has 0 saturated heterocycles. The third-order valence-electron chi connectivity index (χ3n) is 7.70. The van der Waals surface area contributed by atoms with Crippen molar-refractivity contribution >= 4 is 33.2 Å². The Morgan fingerprint density at radius 3 is 2.63 bits per heavy atom. The van der Waals surface area contributed by atoms with E-state index in [1.165, 1.54) is 6.33 Å². The molecule has 0 amide bonds. The van der Waals surface area contributed by atoms with Gasteiger partial charge in [-0.05, 0) is 57.3 Å². The smallest absolute Gasteiger partial charge is 0.343 e. The van der Waals surface area contributed by atoms with Crippen LogP contribution in [0.25, 0.3) is 38.5 Å². The predicted octanol–water partition coefficient (Wildman–Crippen LogP) is 4.80. The van der Waals surface area contributed by atoms with E-state index < -0.39 is 11.7 Å². The number of nitrogen functional groups attached to an aromatic ring is 1. The summed E-state index contributed by atoms with van der Waals surface area (Å²) in [6, 6.07) is 15.4. The molecule has 2 atom stereocenters. The van der Waals surface area contributed by atoms with Gasteiger partial charge in [0.2, 0.25) is 0 Å².